The molecule has 0 radical (unpaired) electrons. The summed E-state index contributed by atoms with van der Waals surface area (Å²) in [6.07, 6.45) is -4.35. The zero-order chi connectivity index (χ0) is 16.9. The second kappa shape index (κ2) is 5.15. The first-order valence-electron chi connectivity index (χ1n) is 7.32. The summed E-state index contributed by atoms with van der Waals surface area (Å²) in [5, 5.41) is 2.74. The Hall–Kier alpha value is -2.70. The molecule has 0 saturated carbocycles. The SMILES string of the molecule is O=C1C[C@@H](c2cccc(C(F)(F)F)c2)c2cc3c(cc2N1)OCO3. The number of hydrogen-bond acceptors (Lipinski definition) is 3. The van der Waals surface area contributed by atoms with Gasteiger partial charge in [0.15, 0.2) is 11.5 Å². The summed E-state index contributed by atoms with van der Waals surface area (Å²) < 4.78 is 49.5. The van der Waals surface area contributed by atoms with Crippen LogP contribution in [0.2, 0.25) is 0 Å². The number of amides is 1. The minimum Gasteiger partial charge on any atom is -0.454 e. The van der Waals surface area contributed by atoms with Crippen molar-refractivity contribution >= 4 is 11.6 Å². The van der Waals surface area contributed by atoms with E-state index < -0.39 is 17.7 Å². The van der Waals surface area contributed by atoms with Crippen LogP contribution in [0.1, 0.15) is 29.0 Å². The number of ether oxygens (including phenoxy) is 2. The van der Waals surface area contributed by atoms with E-state index in [9.17, 15) is 18.0 Å². The van der Waals surface area contributed by atoms with Gasteiger partial charge in [-0.3, -0.25) is 4.79 Å². The minimum atomic E-state index is -4.43. The van der Waals surface area contributed by atoms with Crippen molar-refractivity contribution in [2.75, 3.05) is 12.1 Å². The first-order valence-corrected chi connectivity index (χ1v) is 7.32. The van der Waals surface area contributed by atoms with E-state index in [1.54, 1.807) is 18.2 Å². The van der Waals surface area contributed by atoms with Crippen LogP contribution in [-0.4, -0.2) is 12.7 Å². The number of anilines is 1. The highest BCUT2D eigenvalue weighted by Crippen LogP contribution is 2.45. The maximum atomic E-state index is 13.0. The minimum absolute atomic E-state index is 0.0773. The molecule has 1 N–H and O–H groups in total. The maximum Gasteiger partial charge on any atom is 0.416 e. The average molecular weight is 335 g/mol. The van der Waals surface area contributed by atoms with Crippen LogP contribution in [0.3, 0.4) is 0 Å². The second-order valence-corrected chi connectivity index (χ2v) is 5.72. The monoisotopic (exact) mass is 335 g/mol. The molecule has 24 heavy (non-hydrogen) atoms. The third-order valence-electron chi connectivity index (χ3n) is 4.20. The summed E-state index contributed by atoms with van der Waals surface area (Å²) in [6.45, 7) is 0.0837. The number of rotatable bonds is 1. The van der Waals surface area contributed by atoms with Gasteiger partial charge in [0.25, 0.3) is 0 Å². The molecule has 0 unspecified atom stereocenters. The van der Waals surface area contributed by atoms with Gasteiger partial charge in [-0.2, -0.15) is 13.2 Å². The second-order valence-electron chi connectivity index (χ2n) is 5.72. The first-order chi connectivity index (χ1) is 11.4. The predicted octanol–water partition coefficient (Wildman–Crippen LogP) is 3.91. The summed E-state index contributed by atoms with van der Waals surface area (Å²) >= 11 is 0. The van der Waals surface area contributed by atoms with E-state index in [0.717, 1.165) is 17.7 Å². The number of hydrogen-bond donors (Lipinski definition) is 1. The molecule has 2 aliphatic rings. The van der Waals surface area contributed by atoms with E-state index >= 15 is 0 Å². The van der Waals surface area contributed by atoms with Crippen molar-refractivity contribution in [1.82, 2.24) is 0 Å². The summed E-state index contributed by atoms with van der Waals surface area (Å²) in [7, 11) is 0. The topological polar surface area (TPSA) is 47.6 Å². The molecule has 0 bridgehead atoms. The van der Waals surface area contributed by atoms with Crippen molar-refractivity contribution < 1.29 is 27.4 Å². The van der Waals surface area contributed by atoms with Crippen LogP contribution >= 0.6 is 0 Å². The lowest BCUT2D eigenvalue weighted by atomic mass is 9.84. The van der Waals surface area contributed by atoms with E-state index in [-0.39, 0.29) is 19.1 Å². The molecular formula is C17H12F3NO3. The lowest BCUT2D eigenvalue weighted by Gasteiger charge is -2.26. The van der Waals surface area contributed by atoms with Gasteiger partial charge in [-0.05, 0) is 23.3 Å². The van der Waals surface area contributed by atoms with Crippen LogP contribution in [0.5, 0.6) is 11.5 Å². The van der Waals surface area contributed by atoms with Gasteiger partial charge in [0.05, 0.1) is 5.56 Å². The Labute approximate surface area is 135 Å². The summed E-state index contributed by atoms with van der Waals surface area (Å²) in [6, 6.07) is 8.45. The number of halogens is 3. The molecular weight excluding hydrogens is 323 g/mol. The van der Waals surface area contributed by atoms with Gasteiger partial charge in [0.1, 0.15) is 0 Å². The van der Waals surface area contributed by atoms with Crippen LogP contribution in [0.25, 0.3) is 0 Å². The molecule has 0 aliphatic carbocycles. The molecule has 0 spiro atoms. The number of nitrogens with one attached hydrogen (secondary N) is 1. The van der Waals surface area contributed by atoms with Crippen molar-refractivity contribution in [2.45, 2.75) is 18.5 Å². The van der Waals surface area contributed by atoms with Gasteiger partial charge in [0, 0.05) is 24.1 Å². The van der Waals surface area contributed by atoms with Crippen molar-refractivity contribution in [2.24, 2.45) is 0 Å². The van der Waals surface area contributed by atoms with Gasteiger partial charge < -0.3 is 14.8 Å². The van der Waals surface area contributed by atoms with Crippen LogP contribution in [0.15, 0.2) is 36.4 Å². The third-order valence-corrected chi connectivity index (χ3v) is 4.20. The number of alkyl halides is 3. The molecule has 7 heteroatoms. The molecule has 0 fully saturated rings. The van der Waals surface area contributed by atoms with Crippen molar-refractivity contribution in [3.05, 3.63) is 53.1 Å². The summed E-state index contributed by atoms with van der Waals surface area (Å²) in [4.78, 5) is 12.0. The number of fused-ring (bicyclic) bond motifs is 2. The molecule has 2 heterocycles. The lowest BCUT2D eigenvalue weighted by molar-refractivity contribution is -0.137. The molecule has 124 valence electrons. The zero-order valence-electron chi connectivity index (χ0n) is 12.3. The lowest BCUT2D eigenvalue weighted by Crippen LogP contribution is -2.23. The fourth-order valence-corrected chi connectivity index (χ4v) is 3.08. The molecule has 1 atom stereocenters. The Balaban J connectivity index is 1.81. The van der Waals surface area contributed by atoms with Crippen molar-refractivity contribution in [3.8, 4) is 11.5 Å². The number of benzene rings is 2. The van der Waals surface area contributed by atoms with Gasteiger partial charge >= 0.3 is 6.18 Å². The maximum absolute atomic E-state index is 13.0. The Morgan fingerprint density at radius 2 is 1.83 bits per heavy atom. The molecule has 2 aromatic carbocycles. The number of carbonyl (C=O) groups excluding carboxylic acids is 1. The Bertz CT molecular complexity index is 832. The predicted molar refractivity (Wildman–Crippen MR) is 79.1 cm³/mol. The Morgan fingerprint density at radius 1 is 1.08 bits per heavy atom. The molecule has 4 rings (SSSR count). The zero-order valence-corrected chi connectivity index (χ0v) is 12.3. The van der Waals surface area contributed by atoms with E-state index in [2.05, 4.69) is 5.32 Å². The molecule has 1 amide bonds. The van der Waals surface area contributed by atoms with Crippen LogP contribution < -0.4 is 14.8 Å². The standard InChI is InChI=1S/C17H12F3NO3/c18-17(19,20)10-3-1-2-9(4-10)11-6-16(22)21-13-7-15-14(5-12(11)13)23-8-24-15/h1-5,7,11H,6,8H2,(H,21,22)/t11-/m0/s1. The van der Waals surface area contributed by atoms with E-state index in [1.807, 2.05) is 0 Å². The highest BCUT2D eigenvalue weighted by atomic mass is 19.4. The van der Waals surface area contributed by atoms with Crippen LogP contribution in [0, 0.1) is 0 Å². The molecule has 2 aromatic rings. The van der Waals surface area contributed by atoms with Crippen LogP contribution in [0.4, 0.5) is 18.9 Å². The summed E-state index contributed by atoms with van der Waals surface area (Å²) in [5.74, 6) is 0.329. The van der Waals surface area contributed by atoms with Gasteiger partial charge in [-0.15, -0.1) is 0 Å². The fraction of sp³-hybridized carbons (Fsp3) is 0.235. The highest BCUT2D eigenvalue weighted by Gasteiger charge is 2.33. The third kappa shape index (κ3) is 2.46. The average Bonchev–Trinajstić information content (AvgIpc) is 2.98. The van der Waals surface area contributed by atoms with Gasteiger partial charge in [0.2, 0.25) is 12.7 Å². The Morgan fingerprint density at radius 3 is 2.58 bits per heavy atom. The van der Waals surface area contributed by atoms with Crippen molar-refractivity contribution in [1.29, 1.82) is 0 Å². The van der Waals surface area contributed by atoms with Crippen molar-refractivity contribution in [3.63, 3.8) is 0 Å². The van der Waals surface area contributed by atoms with Gasteiger partial charge in [-0.1, -0.05) is 18.2 Å². The normalized spacial score (nSPS) is 19.0. The fourth-order valence-electron chi connectivity index (χ4n) is 3.08. The van der Waals surface area contributed by atoms with Crippen LogP contribution in [-0.2, 0) is 11.0 Å². The Kier molecular flexibility index (Phi) is 3.19. The van der Waals surface area contributed by atoms with E-state index in [1.165, 1.54) is 6.07 Å². The first kappa shape index (κ1) is 14.9. The molecule has 4 nitrogen and oxygen atoms in total. The largest absolute Gasteiger partial charge is 0.454 e. The van der Waals surface area contributed by atoms with E-state index in [0.29, 0.717) is 22.7 Å². The smallest absolute Gasteiger partial charge is 0.416 e. The highest BCUT2D eigenvalue weighted by molar-refractivity contribution is 5.96. The quantitative estimate of drug-likeness (QED) is 0.860. The van der Waals surface area contributed by atoms with Gasteiger partial charge in [-0.25, -0.2) is 0 Å². The van der Waals surface area contributed by atoms with E-state index in [4.69, 9.17) is 9.47 Å². The summed E-state index contributed by atoms with van der Waals surface area (Å²) in [5.41, 5.74) is 0.976. The molecule has 2 aliphatic heterocycles. The molecule has 0 saturated heterocycles. The molecule has 0 aromatic heterocycles. The number of carbonyl (C=O) groups is 1.